The van der Waals surface area contributed by atoms with Crippen LogP contribution >= 0.6 is 15.6 Å². The molecular formula is C11H22O8P2. The van der Waals surface area contributed by atoms with Crippen LogP contribution in [0.5, 0.6) is 0 Å². The van der Waals surface area contributed by atoms with Crippen molar-refractivity contribution in [3.63, 3.8) is 0 Å². The van der Waals surface area contributed by atoms with E-state index in [1.54, 1.807) is 0 Å². The van der Waals surface area contributed by atoms with Gasteiger partial charge in [0.1, 0.15) is 0 Å². The number of rotatable bonds is 8. The molecule has 2 heterocycles. The van der Waals surface area contributed by atoms with Gasteiger partial charge in [-0.1, -0.05) is 13.8 Å². The number of phosphoric ester groups is 2. The van der Waals surface area contributed by atoms with E-state index < -0.39 is 21.1 Å². The van der Waals surface area contributed by atoms with Crippen LogP contribution in [0.1, 0.15) is 26.7 Å². The van der Waals surface area contributed by atoms with Crippen molar-refractivity contribution in [1.82, 2.24) is 0 Å². The van der Waals surface area contributed by atoms with Gasteiger partial charge in [-0.3, -0.25) is 27.1 Å². The summed E-state index contributed by atoms with van der Waals surface area (Å²) in [6.45, 7) is 5.19. The summed E-state index contributed by atoms with van der Waals surface area (Å²) in [5.41, 5.74) is -0.459. The lowest BCUT2D eigenvalue weighted by atomic mass is 9.84. The monoisotopic (exact) mass is 344 g/mol. The molecule has 2 aliphatic heterocycles. The molecule has 0 N–H and O–H groups in total. The van der Waals surface area contributed by atoms with E-state index in [0.29, 0.717) is 12.8 Å². The molecule has 0 saturated carbocycles. The van der Waals surface area contributed by atoms with Crippen molar-refractivity contribution in [2.24, 2.45) is 5.41 Å². The first-order valence-corrected chi connectivity index (χ1v) is 9.94. The SMILES string of the molecule is CCC(CC)(COP1(=O)OCCO1)COP1(=O)OCCO1. The van der Waals surface area contributed by atoms with E-state index in [2.05, 4.69) is 0 Å². The molecule has 0 atom stereocenters. The largest absolute Gasteiger partial charge is 0.474 e. The highest BCUT2D eigenvalue weighted by molar-refractivity contribution is 7.49. The van der Waals surface area contributed by atoms with Crippen LogP contribution in [0.2, 0.25) is 0 Å². The fourth-order valence-electron chi connectivity index (χ4n) is 1.95. The third kappa shape index (κ3) is 4.60. The summed E-state index contributed by atoms with van der Waals surface area (Å²) >= 11 is 0. The van der Waals surface area contributed by atoms with Crippen molar-refractivity contribution >= 4 is 15.6 Å². The van der Waals surface area contributed by atoms with Crippen LogP contribution in [-0.4, -0.2) is 39.6 Å². The molecule has 2 rings (SSSR count). The molecule has 2 aliphatic rings. The van der Waals surface area contributed by atoms with E-state index in [4.69, 9.17) is 27.1 Å². The van der Waals surface area contributed by atoms with Crippen molar-refractivity contribution in [2.45, 2.75) is 26.7 Å². The van der Waals surface area contributed by atoms with E-state index in [0.717, 1.165) is 0 Å². The van der Waals surface area contributed by atoms with E-state index in [9.17, 15) is 9.13 Å². The highest BCUT2D eigenvalue weighted by atomic mass is 31.2. The number of hydrogen-bond donors (Lipinski definition) is 0. The molecule has 8 nitrogen and oxygen atoms in total. The predicted octanol–water partition coefficient (Wildman–Crippen LogP) is 3.14. The zero-order valence-electron chi connectivity index (χ0n) is 12.3. The van der Waals surface area contributed by atoms with Crippen molar-refractivity contribution in [2.75, 3.05) is 39.6 Å². The van der Waals surface area contributed by atoms with Crippen LogP contribution in [0, 0.1) is 5.41 Å². The Balaban J connectivity index is 1.92. The third-order valence-corrected chi connectivity index (χ3v) is 6.61. The summed E-state index contributed by atoms with van der Waals surface area (Å²) in [5, 5.41) is 0. The van der Waals surface area contributed by atoms with E-state index >= 15 is 0 Å². The van der Waals surface area contributed by atoms with Gasteiger partial charge in [0, 0.05) is 5.41 Å². The fourth-order valence-corrected chi connectivity index (χ4v) is 4.46. The molecule has 124 valence electrons. The van der Waals surface area contributed by atoms with Crippen molar-refractivity contribution in [1.29, 1.82) is 0 Å². The second-order valence-electron chi connectivity index (χ2n) is 4.98. The topological polar surface area (TPSA) is 89.5 Å². The minimum absolute atomic E-state index is 0.122. The van der Waals surface area contributed by atoms with Crippen LogP contribution < -0.4 is 0 Å². The van der Waals surface area contributed by atoms with Gasteiger partial charge in [-0.05, 0) is 12.8 Å². The Bertz CT molecular complexity index is 380. The lowest BCUT2D eigenvalue weighted by molar-refractivity contribution is 0.0401. The molecule has 2 fully saturated rings. The van der Waals surface area contributed by atoms with Gasteiger partial charge in [-0.25, -0.2) is 9.13 Å². The van der Waals surface area contributed by atoms with E-state index in [1.807, 2.05) is 13.8 Å². The fraction of sp³-hybridized carbons (Fsp3) is 1.00. The van der Waals surface area contributed by atoms with Crippen molar-refractivity contribution in [3.8, 4) is 0 Å². The second-order valence-corrected chi connectivity index (χ2v) is 8.32. The van der Waals surface area contributed by atoms with Gasteiger partial charge in [0.15, 0.2) is 0 Å². The Morgan fingerprint density at radius 2 is 1.14 bits per heavy atom. The Morgan fingerprint density at radius 3 is 1.43 bits per heavy atom. The van der Waals surface area contributed by atoms with Crippen LogP contribution in [0.4, 0.5) is 0 Å². The highest BCUT2D eigenvalue weighted by Crippen LogP contribution is 2.56. The quantitative estimate of drug-likeness (QED) is 0.621. The molecule has 0 aromatic carbocycles. The standard InChI is InChI=1S/C11H22O8P2/c1-3-11(4-2,9-18-20(12)14-5-6-15-20)10-19-21(13)16-7-8-17-21/h3-10H2,1-2H3. The molecule has 0 aliphatic carbocycles. The normalized spacial score (nSPS) is 24.5. The van der Waals surface area contributed by atoms with E-state index in [1.165, 1.54) is 0 Å². The lowest BCUT2D eigenvalue weighted by Gasteiger charge is -2.31. The Hall–Kier alpha value is 0.220. The molecule has 0 spiro atoms. The highest BCUT2D eigenvalue weighted by Gasteiger charge is 2.40. The smallest absolute Gasteiger partial charge is 0.286 e. The first-order valence-electron chi connectivity index (χ1n) is 7.02. The zero-order chi connectivity index (χ0) is 15.4. The van der Waals surface area contributed by atoms with Gasteiger partial charge in [-0.15, -0.1) is 0 Å². The molecular weight excluding hydrogens is 322 g/mol. The summed E-state index contributed by atoms with van der Waals surface area (Å²) in [4.78, 5) is 0. The van der Waals surface area contributed by atoms with Gasteiger partial charge < -0.3 is 0 Å². The molecule has 21 heavy (non-hydrogen) atoms. The van der Waals surface area contributed by atoms with Crippen LogP contribution in [0.15, 0.2) is 0 Å². The molecule has 0 aromatic rings. The van der Waals surface area contributed by atoms with Crippen LogP contribution in [0.3, 0.4) is 0 Å². The van der Waals surface area contributed by atoms with Gasteiger partial charge in [0.25, 0.3) is 0 Å². The predicted molar refractivity (Wildman–Crippen MR) is 73.9 cm³/mol. The first-order chi connectivity index (χ1) is 9.95. The molecule has 0 aromatic heterocycles. The Morgan fingerprint density at radius 1 is 0.810 bits per heavy atom. The van der Waals surface area contributed by atoms with E-state index in [-0.39, 0.29) is 39.6 Å². The minimum atomic E-state index is -3.45. The third-order valence-electron chi connectivity index (χ3n) is 3.72. The van der Waals surface area contributed by atoms with Gasteiger partial charge >= 0.3 is 15.6 Å². The molecule has 2 saturated heterocycles. The summed E-state index contributed by atoms with van der Waals surface area (Å²) in [6.07, 6.45) is 1.37. The van der Waals surface area contributed by atoms with Crippen LogP contribution in [-0.2, 0) is 36.3 Å². The Labute approximate surface area is 124 Å². The van der Waals surface area contributed by atoms with Gasteiger partial charge in [0.2, 0.25) is 0 Å². The maximum Gasteiger partial charge on any atom is 0.474 e. The maximum absolute atomic E-state index is 12.0. The molecule has 0 unspecified atom stereocenters. The summed E-state index contributed by atoms with van der Waals surface area (Å²) in [5.74, 6) is 0. The Kier molecular flexibility index (Phi) is 6.02. The average Bonchev–Trinajstić information content (AvgIpc) is 3.10. The summed E-state index contributed by atoms with van der Waals surface area (Å²) in [7, 11) is -6.89. The molecule has 0 bridgehead atoms. The zero-order valence-corrected chi connectivity index (χ0v) is 14.1. The number of phosphoric acid groups is 2. The second kappa shape index (κ2) is 7.20. The minimum Gasteiger partial charge on any atom is -0.286 e. The summed E-state index contributed by atoms with van der Waals surface area (Å²) < 4.78 is 54.7. The maximum atomic E-state index is 12.0. The number of hydrogen-bond acceptors (Lipinski definition) is 8. The van der Waals surface area contributed by atoms with Crippen LogP contribution in [0.25, 0.3) is 0 Å². The van der Waals surface area contributed by atoms with Crippen molar-refractivity contribution < 1.29 is 36.3 Å². The molecule has 10 heteroatoms. The van der Waals surface area contributed by atoms with Gasteiger partial charge in [-0.2, -0.15) is 0 Å². The summed E-state index contributed by atoms with van der Waals surface area (Å²) in [6, 6.07) is 0. The van der Waals surface area contributed by atoms with Crippen molar-refractivity contribution in [3.05, 3.63) is 0 Å². The lowest BCUT2D eigenvalue weighted by Crippen LogP contribution is -2.30. The molecule has 0 amide bonds. The first kappa shape index (κ1) is 17.6. The average molecular weight is 344 g/mol. The molecule has 0 radical (unpaired) electrons. The van der Waals surface area contributed by atoms with Gasteiger partial charge in [0.05, 0.1) is 39.6 Å².